The highest BCUT2D eigenvalue weighted by atomic mass is 19.4. The Bertz CT molecular complexity index is 150. The molecular formula is C6H10F3NO2. The molecule has 0 spiro atoms. The summed E-state index contributed by atoms with van der Waals surface area (Å²) in [6.07, 6.45) is -5.15. The normalized spacial score (nSPS) is 31.0. The molecule has 0 radical (unpaired) electrons. The van der Waals surface area contributed by atoms with Gasteiger partial charge in [0.1, 0.15) is 0 Å². The molecule has 12 heavy (non-hydrogen) atoms. The van der Waals surface area contributed by atoms with Crippen LogP contribution in [0.4, 0.5) is 13.2 Å². The van der Waals surface area contributed by atoms with Crippen molar-refractivity contribution in [3.8, 4) is 0 Å². The van der Waals surface area contributed by atoms with Crippen LogP contribution in [0.25, 0.3) is 0 Å². The molecule has 0 bridgehead atoms. The van der Waals surface area contributed by atoms with E-state index in [1.807, 2.05) is 0 Å². The van der Waals surface area contributed by atoms with Crippen LogP contribution in [0.2, 0.25) is 0 Å². The lowest BCUT2D eigenvalue weighted by atomic mass is 10.0. The third kappa shape index (κ3) is 2.09. The van der Waals surface area contributed by atoms with E-state index in [2.05, 4.69) is 10.7 Å². The summed E-state index contributed by atoms with van der Waals surface area (Å²) in [6.45, 7) is -0.0810. The lowest BCUT2D eigenvalue weighted by molar-refractivity contribution is -0.192. The van der Waals surface area contributed by atoms with Gasteiger partial charge in [-0.05, 0) is 6.42 Å². The van der Waals surface area contributed by atoms with Crippen molar-refractivity contribution < 1.29 is 22.7 Å². The molecule has 0 amide bonds. The monoisotopic (exact) mass is 185 g/mol. The standard InChI is InChI=1S/C6H10F3NO2/c7-6(8,9)4-1-2-11-5(4)3-12-10/h4-5H,1-3,10H2/t4-,5+/m1/s1. The van der Waals surface area contributed by atoms with E-state index in [4.69, 9.17) is 4.74 Å². The molecule has 0 aliphatic carbocycles. The molecule has 0 aromatic heterocycles. The third-order valence-electron chi connectivity index (χ3n) is 1.89. The van der Waals surface area contributed by atoms with Gasteiger partial charge in [0.25, 0.3) is 0 Å². The Morgan fingerprint density at radius 2 is 2.17 bits per heavy atom. The average Bonchev–Trinajstić information content (AvgIpc) is 2.34. The summed E-state index contributed by atoms with van der Waals surface area (Å²) in [7, 11) is 0. The number of rotatable bonds is 2. The van der Waals surface area contributed by atoms with Gasteiger partial charge in [-0.25, -0.2) is 5.90 Å². The highest BCUT2D eigenvalue weighted by Gasteiger charge is 2.47. The molecule has 1 aliphatic heterocycles. The van der Waals surface area contributed by atoms with Crippen molar-refractivity contribution >= 4 is 0 Å². The predicted octanol–water partition coefficient (Wildman–Crippen LogP) is 0.844. The second kappa shape index (κ2) is 3.59. The summed E-state index contributed by atoms with van der Waals surface area (Å²) in [5.74, 6) is 3.24. The number of hydrogen-bond acceptors (Lipinski definition) is 3. The molecule has 3 nitrogen and oxygen atoms in total. The smallest absolute Gasteiger partial charge is 0.375 e. The number of alkyl halides is 3. The van der Waals surface area contributed by atoms with Gasteiger partial charge in [0.15, 0.2) is 0 Å². The van der Waals surface area contributed by atoms with Gasteiger partial charge in [-0.15, -0.1) is 0 Å². The third-order valence-corrected chi connectivity index (χ3v) is 1.89. The maximum atomic E-state index is 12.2. The van der Waals surface area contributed by atoms with Gasteiger partial charge < -0.3 is 9.57 Å². The summed E-state index contributed by atoms with van der Waals surface area (Å²) in [6, 6.07) is 0. The Morgan fingerprint density at radius 3 is 2.67 bits per heavy atom. The van der Waals surface area contributed by atoms with Crippen molar-refractivity contribution in [3.63, 3.8) is 0 Å². The van der Waals surface area contributed by atoms with E-state index in [0.29, 0.717) is 0 Å². The van der Waals surface area contributed by atoms with Crippen molar-refractivity contribution in [1.82, 2.24) is 0 Å². The van der Waals surface area contributed by atoms with Crippen LogP contribution in [0, 0.1) is 5.92 Å². The molecule has 0 aromatic rings. The quantitative estimate of drug-likeness (QED) is 0.648. The molecule has 1 fully saturated rings. The fourth-order valence-corrected chi connectivity index (χ4v) is 1.28. The largest absolute Gasteiger partial charge is 0.394 e. The Hall–Kier alpha value is -0.330. The van der Waals surface area contributed by atoms with Crippen LogP contribution >= 0.6 is 0 Å². The summed E-state index contributed by atoms with van der Waals surface area (Å²) < 4.78 is 41.3. The van der Waals surface area contributed by atoms with E-state index in [1.165, 1.54) is 0 Å². The van der Waals surface area contributed by atoms with Gasteiger partial charge in [0.05, 0.1) is 18.6 Å². The first kappa shape index (κ1) is 9.76. The molecule has 0 saturated carbocycles. The predicted molar refractivity (Wildman–Crippen MR) is 34.0 cm³/mol. The molecule has 1 heterocycles. The summed E-state index contributed by atoms with van der Waals surface area (Å²) in [5, 5.41) is 0. The van der Waals surface area contributed by atoms with E-state index in [-0.39, 0.29) is 19.6 Å². The van der Waals surface area contributed by atoms with Crippen molar-refractivity contribution in [1.29, 1.82) is 0 Å². The van der Waals surface area contributed by atoms with Gasteiger partial charge in [-0.2, -0.15) is 13.2 Å². The van der Waals surface area contributed by atoms with Crippen LogP contribution in [0.5, 0.6) is 0 Å². The Balaban J connectivity index is 2.52. The van der Waals surface area contributed by atoms with Crippen LogP contribution in [0.1, 0.15) is 6.42 Å². The fraction of sp³-hybridized carbons (Fsp3) is 1.00. The maximum absolute atomic E-state index is 12.2. The first-order valence-electron chi connectivity index (χ1n) is 3.55. The topological polar surface area (TPSA) is 44.5 Å². The molecule has 2 N–H and O–H groups in total. The fourth-order valence-electron chi connectivity index (χ4n) is 1.28. The van der Waals surface area contributed by atoms with Crippen LogP contribution in [-0.4, -0.2) is 25.5 Å². The zero-order valence-corrected chi connectivity index (χ0v) is 6.30. The minimum absolute atomic E-state index is 0.00245. The van der Waals surface area contributed by atoms with Crippen molar-refractivity contribution in [3.05, 3.63) is 0 Å². The van der Waals surface area contributed by atoms with E-state index < -0.39 is 18.2 Å². The summed E-state index contributed by atoms with van der Waals surface area (Å²) in [5.41, 5.74) is 0. The molecule has 72 valence electrons. The SMILES string of the molecule is NOC[C@@H]1OCC[C@H]1C(F)(F)F. The first-order valence-corrected chi connectivity index (χ1v) is 3.55. The highest BCUT2D eigenvalue weighted by molar-refractivity contribution is 4.81. The van der Waals surface area contributed by atoms with Gasteiger partial charge in [-0.3, -0.25) is 0 Å². The van der Waals surface area contributed by atoms with Crippen LogP contribution in [0.3, 0.4) is 0 Å². The Labute approximate surface area is 67.6 Å². The number of ether oxygens (including phenoxy) is 1. The second-order valence-corrected chi connectivity index (χ2v) is 2.68. The molecule has 1 rings (SSSR count). The molecule has 1 aliphatic rings. The van der Waals surface area contributed by atoms with Crippen LogP contribution < -0.4 is 5.90 Å². The summed E-state index contributed by atoms with van der Waals surface area (Å²) >= 11 is 0. The number of hydrogen-bond donors (Lipinski definition) is 1. The van der Waals surface area contributed by atoms with Crippen molar-refractivity contribution in [2.75, 3.05) is 13.2 Å². The lowest BCUT2D eigenvalue weighted by Crippen LogP contribution is -2.34. The van der Waals surface area contributed by atoms with Gasteiger partial charge in [0, 0.05) is 6.61 Å². The van der Waals surface area contributed by atoms with Gasteiger partial charge >= 0.3 is 6.18 Å². The second-order valence-electron chi connectivity index (χ2n) is 2.68. The lowest BCUT2D eigenvalue weighted by Gasteiger charge is -2.19. The molecule has 1 saturated heterocycles. The zero-order valence-electron chi connectivity index (χ0n) is 6.30. The van der Waals surface area contributed by atoms with E-state index in [1.54, 1.807) is 0 Å². The average molecular weight is 185 g/mol. The van der Waals surface area contributed by atoms with Gasteiger partial charge in [0.2, 0.25) is 0 Å². The molecule has 0 aromatic carbocycles. The number of halogens is 3. The molecular weight excluding hydrogens is 175 g/mol. The van der Waals surface area contributed by atoms with E-state index in [0.717, 1.165) is 0 Å². The molecule has 6 heteroatoms. The van der Waals surface area contributed by atoms with Crippen molar-refractivity contribution in [2.45, 2.75) is 18.7 Å². The first-order chi connectivity index (χ1) is 5.55. The zero-order chi connectivity index (χ0) is 9.19. The summed E-state index contributed by atoms with van der Waals surface area (Å²) in [4.78, 5) is 4.13. The van der Waals surface area contributed by atoms with E-state index in [9.17, 15) is 13.2 Å². The Morgan fingerprint density at radius 1 is 1.50 bits per heavy atom. The van der Waals surface area contributed by atoms with Crippen molar-refractivity contribution in [2.24, 2.45) is 11.8 Å². The molecule has 2 atom stereocenters. The van der Waals surface area contributed by atoms with Gasteiger partial charge in [-0.1, -0.05) is 0 Å². The van der Waals surface area contributed by atoms with Crippen LogP contribution in [0.15, 0.2) is 0 Å². The number of nitrogens with two attached hydrogens (primary N) is 1. The highest BCUT2D eigenvalue weighted by Crippen LogP contribution is 2.36. The van der Waals surface area contributed by atoms with Crippen LogP contribution in [-0.2, 0) is 9.57 Å². The van der Waals surface area contributed by atoms with E-state index >= 15 is 0 Å². The minimum atomic E-state index is -4.21. The minimum Gasteiger partial charge on any atom is -0.375 e. The molecule has 0 unspecified atom stereocenters. The maximum Gasteiger partial charge on any atom is 0.394 e. The Kier molecular flexibility index (Phi) is 2.92.